The molecule has 1 saturated heterocycles. The maximum atomic E-state index is 5.88. The first-order valence-corrected chi connectivity index (χ1v) is 6.77. The van der Waals surface area contributed by atoms with Gasteiger partial charge in [0.15, 0.2) is 0 Å². The number of aryl methyl sites for hydroxylation is 2. The molecule has 3 nitrogen and oxygen atoms in total. The molecular formula is C15H25N3. The lowest BCUT2D eigenvalue weighted by molar-refractivity contribution is 0.162. The van der Waals surface area contributed by atoms with E-state index in [0.29, 0.717) is 12.1 Å². The summed E-state index contributed by atoms with van der Waals surface area (Å²) in [5.74, 6) is 0. The van der Waals surface area contributed by atoms with Crippen LogP contribution in [0, 0.1) is 13.8 Å². The van der Waals surface area contributed by atoms with E-state index in [-0.39, 0.29) is 0 Å². The predicted octanol–water partition coefficient (Wildman–Crippen LogP) is 1.77. The fourth-order valence-electron chi connectivity index (χ4n) is 2.64. The zero-order valence-corrected chi connectivity index (χ0v) is 12.0. The van der Waals surface area contributed by atoms with Crippen molar-refractivity contribution in [3.63, 3.8) is 0 Å². The van der Waals surface area contributed by atoms with Gasteiger partial charge in [-0.05, 0) is 51.1 Å². The number of benzene rings is 1. The van der Waals surface area contributed by atoms with Gasteiger partial charge in [0.1, 0.15) is 0 Å². The smallest absolute Gasteiger partial charge is 0.0394 e. The van der Waals surface area contributed by atoms with Gasteiger partial charge in [-0.2, -0.15) is 0 Å². The van der Waals surface area contributed by atoms with Crippen LogP contribution in [0.4, 0.5) is 5.69 Å². The number of hydrogen-bond acceptors (Lipinski definition) is 3. The third-order valence-electron chi connectivity index (χ3n) is 4.31. The fraction of sp³-hybridized carbons (Fsp3) is 0.600. The van der Waals surface area contributed by atoms with Crippen molar-refractivity contribution in [1.29, 1.82) is 0 Å². The Hall–Kier alpha value is -1.06. The van der Waals surface area contributed by atoms with Crippen LogP contribution in [0.3, 0.4) is 0 Å². The molecular weight excluding hydrogens is 222 g/mol. The molecule has 2 unspecified atom stereocenters. The molecule has 0 aliphatic carbocycles. The molecule has 0 aromatic heterocycles. The van der Waals surface area contributed by atoms with E-state index in [0.717, 1.165) is 19.6 Å². The van der Waals surface area contributed by atoms with Crippen molar-refractivity contribution in [2.24, 2.45) is 5.73 Å². The average Bonchev–Trinajstić information content (AvgIpc) is 2.36. The maximum absolute atomic E-state index is 5.88. The van der Waals surface area contributed by atoms with Crippen molar-refractivity contribution in [2.75, 3.05) is 31.6 Å². The van der Waals surface area contributed by atoms with Crippen molar-refractivity contribution in [3.05, 3.63) is 29.3 Å². The number of rotatable bonds is 2. The molecule has 0 spiro atoms. The van der Waals surface area contributed by atoms with Gasteiger partial charge in [-0.1, -0.05) is 6.07 Å². The Morgan fingerprint density at radius 2 is 1.94 bits per heavy atom. The summed E-state index contributed by atoms with van der Waals surface area (Å²) in [6.45, 7) is 9.44. The van der Waals surface area contributed by atoms with Gasteiger partial charge in [0.2, 0.25) is 0 Å². The van der Waals surface area contributed by atoms with Crippen molar-refractivity contribution in [3.8, 4) is 0 Å². The van der Waals surface area contributed by atoms with E-state index in [1.165, 1.54) is 16.8 Å². The van der Waals surface area contributed by atoms with E-state index in [4.69, 9.17) is 5.73 Å². The molecule has 1 heterocycles. The van der Waals surface area contributed by atoms with Gasteiger partial charge in [0.05, 0.1) is 0 Å². The first-order chi connectivity index (χ1) is 8.52. The van der Waals surface area contributed by atoms with Crippen LogP contribution < -0.4 is 10.6 Å². The summed E-state index contributed by atoms with van der Waals surface area (Å²) in [7, 11) is 2.18. The Morgan fingerprint density at radius 3 is 2.56 bits per heavy atom. The molecule has 1 aromatic carbocycles. The van der Waals surface area contributed by atoms with Gasteiger partial charge in [-0.15, -0.1) is 0 Å². The van der Waals surface area contributed by atoms with Crippen LogP contribution in [0.5, 0.6) is 0 Å². The van der Waals surface area contributed by atoms with E-state index >= 15 is 0 Å². The minimum atomic E-state index is 0.454. The third kappa shape index (κ3) is 2.52. The van der Waals surface area contributed by atoms with Crippen LogP contribution in [0.2, 0.25) is 0 Å². The normalized spacial score (nSPS) is 25.5. The monoisotopic (exact) mass is 247 g/mol. The predicted molar refractivity (Wildman–Crippen MR) is 78.2 cm³/mol. The van der Waals surface area contributed by atoms with Crippen LogP contribution in [-0.4, -0.2) is 43.7 Å². The van der Waals surface area contributed by atoms with Gasteiger partial charge >= 0.3 is 0 Å². The number of anilines is 1. The Bertz CT molecular complexity index is 416. The number of piperazine rings is 1. The minimum absolute atomic E-state index is 0.454. The van der Waals surface area contributed by atoms with E-state index < -0.39 is 0 Å². The van der Waals surface area contributed by atoms with E-state index in [1.54, 1.807) is 0 Å². The quantitative estimate of drug-likeness (QED) is 0.864. The molecule has 18 heavy (non-hydrogen) atoms. The maximum Gasteiger partial charge on any atom is 0.0394 e. The molecule has 2 rings (SSSR count). The van der Waals surface area contributed by atoms with Crippen molar-refractivity contribution in [1.82, 2.24) is 4.90 Å². The summed E-state index contributed by atoms with van der Waals surface area (Å²) in [4.78, 5) is 4.87. The molecule has 0 saturated carbocycles. The van der Waals surface area contributed by atoms with Crippen molar-refractivity contribution >= 4 is 5.69 Å². The molecule has 1 fully saturated rings. The third-order valence-corrected chi connectivity index (χ3v) is 4.31. The number of hydrogen-bond donors (Lipinski definition) is 1. The summed E-state index contributed by atoms with van der Waals surface area (Å²) >= 11 is 0. The highest BCUT2D eigenvalue weighted by atomic mass is 15.3. The van der Waals surface area contributed by atoms with Gasteiger partial charge in [-0.25, -0.2) is 0 Å². The highest BCUT2D eigenvalue weighted by molar-refractivity contribution is 5.51. The van der Waals surface area contributed by atoms with Crippen LogP contribution >= 0.6 is 0 Å². The minimum Gasteiger partial charge on any atom is -0.368 e. The summed E-state index contributed by atoms with van der Waals surface area (Å²) in [6, 6.07) is 7.74. The summed E-state index contributed by atoms with van der Waals surface area (Å²) in [5, 5.41) is 0. The largest absolute Gasteiger partial charge is 0.368 e. The Morgan fingerprint density at radius 1 is 1.22 bits per heavy atom. The zero-order valence-electron chi connectivity index (χ0n) is 12.0. The van der Waals surface area contributed by atoms with Crippen molar-refractivity contribution < 1.29 is 0 Å². The Balaban J connectivity index is 2.20. The molecule has 2 atom stereocenters. The van der Waals surface area contributed by atoms with Crippen LogP contribution in [0.1, 0.15) is 18.1 Å². The van der Waals surface area contributed by atoms with Crippen LogP contribution in [0.15, 0.2) is 18.2 Å². The lowest BCUT2D eigenvalue weighted by Gasteiger charge is -2.44. The first kappa shape index (κ1) is 13.4. The molecule has 0 amide bonds. The second-order valence-electron chi connectivity index (χ2n) is 5.58. The first-order valence-electron chi connectivity index (χ1n) is 6.77. The highest BCUT2D eigenvalue weighted by Gasteiger charge is 2.28. The molecule has 2 N–H and O–H groups in total. The molecule has 1 aliphatic heterocycles. The number of likely N-dealkylation sites (N-methyl/N-ethyl adjacent to an activating group) is 1. The lowest BCUT2D eigenvalue weighted by atomic mass is 10.0. The molecule has 3 heteroatoms. The van der Waals surface area contributed by atoms with Gasteiger partial charge < -0.3 is 10.6 Å². The molecule has 100 valence electrons. The molecule has 0 bridgehead atoms. The second-order valence-corrected chi connectivity index (χ2v) is 5.58. The SMILES string of the molecule is Cc1ccc(N2CC(C)N(C)C(CN)C2)cc1C. The van der Waals surface area contributed by atoms with Crippen molar-refractivity contribution in [2.45, 2.75) is 32.9 Å². The summed E-state index contributed by atoms with van der Waals surface area (Å²) in [6.07, 6.45) is 0. The van der Waals surface area contributed by atoms with Crippen LogP contribution in [0.25, 0.3) is 0 Å². The number of nitrogens with two attached hydrogens (primary N) is 1. The molecule has 1 aliphatic rings. The average molecular weight is 247 g/mol. The van der Waals surface area contributed by atoms with Crippen LogP contribution in [-0.2, 0) is 0 Å². The van der Waals surface area contributed by atoms with Gasteiger partial charge in [0, 0.05) is 37.4 Å². The highest BCUT2D eigenvalue weighted by Crippen LogP contribution is 2.23. The fourth-order valence-corrected chi connectivity index (χ4v) is 2.64. The Kier molecular flexibility index (Phi) is 3.93. The van der Waals surface area contributed by atoms with E-state index in [1.807, 2.05) is 0 Å². The van der Waals surface area contributed by atoms with E-state index in [9.17, 15) is 0 Å². The zero-order chi connectivity index (χ0) is 13.3. The van der Waals surface area contributed by atoms with Gasteiger partial charge in [0.25, 0.3) is 0 Å². The number of nitrogens with zero attached hydrogens (tertiary/aromatic N) is 2. The standard InChI is InChI=1S/C15H25N3/c1-11-5-6-14(7-12(11)2)18-9-13(3)17(4)15(8-16)10-18/h5-7,13,15H,8-10,16H2,1-4H3. The Labute approximate surface area is 111 Å². The summed E-state index contributed by atoms with van der Waals surface area (Å²) < 4.78 is 0. The lowest BCUT2D eigenvalue weighted by Crippen LogP contribution is -2.58. The summed E-state index contributed by atoms with van der Waals surface area (Å²) in [5.41, 5.74) is 9.93. The molecule has 0 radical (unpaired) electrons. The topological polar surface area (TPSA) is 32.5 Å². The van der Waals surface area contributed by atoms with E-state index in [2.05, 4.69) is 55.8 Å². The molecule has 1 aromatic rings. The van der Waals surface area contributed by atoms with Gasteiger partial charge in [-0.3, -0.25) is 4.90 Å². The second kappa shape index (κ2) is 5.29.